The summed E-state index contributed by atoms with van der Waals surface area (Å²) in [5, 5.41) is -0.253. The van der Waals surface area contributed by atoms with E-state index in [1.54, 1.807) is 0 Å². The van der Waals surface area contributed by atoms with Gasteiger partial charge in [0.2, 0.25) is 5.24 Å². The van der Waals surface area contributed by atoms with Crippen LogP contribution in [0.5, 0.6) is 0 Å². The number of hydrogen-bond donors (Lipinski definition) is 0. The predicted octanol–water partition coefficient (Wildman–Crippen LogP) is 4.34. The van der Waals surface area contributed by atoms with Crippen molar-refractivity contribution in [1.29, 1.82) is 0 Å². The van der Waals surface area contributed by atoms with Crippen LogP contribution in [0.15, 0.2) is 48.5 Å². The predicted molar refractivity (Wildman–Crippen MR) is 73.8 cm³/mol. The molecule has 0 aliphatic heterocycles. The number of hydrogen-bond acceptors (Lipinski definition) is 1. The van der Waals surface area contributed by atoms with E-state index in [0.29, 0.717) is 12.3 Å². The fourth-order valence-electron chi connectivity index (χ4n) is 2.83. The maximum absolute atomic E-state index is 11.0. The highest BCUT2D eigenvalue weighted by Gasteiger charge is 2.27. The van der Waals surface area contributed by atoms with E-state index in [1.807, 2.05) is 0 Å². The van der Waals surface area contributed by atoms with Gasteiger partial charge in [0, 0.05) is 12.3 Å². The van der Waals surface area contributed by atoms with E-state index < -0.39 is 0 Å². The minimum Gasteiger partial charge on any atom is -0.281 e. The quantitative estimate of drug-likeness (QED) is 0.747. The summed E-state index contributed by atoms with van der Waals surface area (Å²) >= 11 is 5.47. The van der Waals surface area contributed by atoms with E-state index in [0.717, 1.165) is 6.42 Å². The van der Waals surface area contributed by atoms with Crippen LogP contribution in [0.4, 0.5) is 0 Å². The molecule has 0 bridgehead atoms. The van der Waals surface area contributed by atoms with Crippen LogP contribution in [0.3, 0.4) is 0 Å². The number of rotatable bonds is 3. The summed E-state index contributed by atoms with van der Waals surface area (Å²) in [5.74, 6) is 0.306. The molecule has 0 heterocycles. The molecule has 1 aliphatic rings. The lowest BCUT2D eigenvalue weighted by molar-refractivity contribution is -0.111. The first-order chi connectivity index (χ1) is 8.77. The van der Waals surface area contributed by atoms with Crippen LogP contribution < -0.4 is 0 Å². The Kier molecular flexibility index (Phi) is 2.92. The molecule has 0 aromatic heterocycles. The van der Waals surface area contributed by atoms with Gasteiger partial charge in [-0.25, -0.2) is 0 Å². The van der Waals surface area contributed by atoms with Gasteiger partial charge < -0.3 is 0 Å². The molecule has 3 rings (SSSR count). The fourth-order valence-corrected chi connectivity index (χ4v) is 2.94. The van der Waals surface area contributed by atoms with Gasteiger partial charge in [0.05, 0.1) is 0 Å². The van der Waals surface area contributed by atoms with Crippen LogP contribution in [0.25, 0.3) is 11.1 Å². The SMILES string of the molecule is O=C(Cl)CCC1c2ccccc2-c2ccccc21. The minimum absolute atomic E-state index is 0.253. The summed E-state index contributed by atoms with van der Waals surface area (Å²) in [7, 11) is 0. The molecule has 0 N–H and O–H groups in total. The zero-order valence-corrected chi connectivity index (χ0v) is 10.7. The van der Waals surface area contributed by atoms with Gasteiger partial charge in [0.25, 0.3) is 0 Å². The van der Waals surface area contributed by atoms with Crippen LogP contribution in [0, 0.1) is 0 Å². The van der Waals surface area contributed by atoms with Gasteiger partial charge in [-0.3, -0.25) is 4.79 Å². The molecule has 0 unspecified atom stereocenters. The molecule has 0 saturated carbocycles. The average molecular weight is 257 g/mol. The molecule has 1 nitrogen and oxygen atoms in total. The molecule has 0 saturated heterocycles. The topological polar surface area (TPSA) is 17.1 Å². The second-order valence-electron chi connectivity index (χ2n) is 4.62. The number of halogens is 1. The van der Waals surface area contributed by atoms with Gasteiger partial charge in [-0.1, -0.05) is 48.5 Å². The molecule has 0 amide bonds. The number of fused-ring (bicyclic) bond motifs is 3. The standard InChI is InChI=1S/C16H13ClO/c17-16(18)10-9-15-13-7-3-1-5-11(13)12-6-2-4-8-14(12)15/h1-8,15H,9-10H2. The first-order valence-electron chi connectivity index (χ1n) is 6.14. The number of benzene rings is 2. The van der Waals surface area contributed by atoms with Crippen LogP contribution in [0.2, 0.25) is 0 Å². The van der Waals surface area contributed by atoms with Crippen molar-refractivity contribution < 1.29 is 4.79 Å². The highest BCUT2D eigenvalue weighted by molar-refractivity contribution is 6.63. The summed E-state index contributed by atoms with van der Waals surface area (Å²) in [4.78, 5) is 11.0. The number of carbonyl (C=O) groups excluding carboxylic acids is 1. The van der Waals surface area contributed by atoms with E-state index >= 15 is 0 Å². The lowest BCUT2D eigenvalue weighted by Crippen LogP contribution is -1.99. The zero-order chi connectivity index (χ0) is 12.5. The zero-order valence-electron chi connectivity index (χ0n) is 9.90. The smallest absolute Gasteiger partial charge is 0.221 e. The third-order valence-corrected chi connectivity index (χ3v) is 3.78. The second-order valence-corrected chi connectivity index (χ2v) is 5.04. The maximum atomic E-state index is 11.0. The highest BCUT2D eigenvalue weighted by atomic mass is 35.5. The Morgan fingerprint density at radius 1 is 0.944 bits per heavy atom. The normalized spacial score (nSPS) is 13.2. The summed E-state index contributed by atoms with van der Waals surface area (Å²) in [6.07, 6.45) is 1.21. The van der Waals surface area contributed by atoms with Crippen molar-refractivity contribution in [2.45, 2.75) is 18.8 Å². The Bertz CT molecular complexity index is 558. The molecule has 0 fully saturated rings. The molecule has 90 valence electrons. The van der Waals surface area contributed by atoms with Crippen LogP contribution in [-0.4, -0.2) is 5.24 Å². The van der Waals surface area contributed by atoms with Crippen molar-refractivity contribution >= 4 is 16.8 Å². The van der Waals surface area contributed by atoms with Crippen molar-refractivity contribution in [1.82, 2.24) is 0 Å². The van der Waals surface area contributed by atoms with Gasteiger partial charge in [0.1, 0.15) is 0 Å². The monoisotopic (exact) mass is 256 g/mol. The molecule has 2 aromatic rings. The lowest BCUT2D eigenvalue weighted by atomic mass is 9.92. The number of carbonyl (C=O) groups is 1. The Morgan fingerprint density at radius 2 is 1.44 bits per heavy atom. The maximum Gasteiger partial charge on any atom is 0.221 e. The lowest BCUT2D eigenvalue weighted by Gasteiger charge is -2.11. The summed E-state index contributed by atoms with van der Waals surface area (Å²) in [5.41, 5.74) is 5.22. The fraction of sp³-hybridized carbons (Fsp3) is 0.188. The Labute approximate surface area is 111 Å². The molecule has 0 spiro atoms. The van der Waals surface area contributed by atoms with Gasteiger partial charge in [-0.15, -0.1) is 0 Å². The summed E-state index contributed by atoms with van der Waals surface area (Å²) in [6, 6.07) is 16.8. The second kappa shape index (κ2) is 4.58. The van der Waals surface area contributed by atoms with Gasteiger partial charge in [-0.05, 0) is 40.3 Å². The largest absolute Gasteiger partial charge is 0.281 e. The van der Waals surface area contributed by atoms with Gasteiger partial charge >= 0.3 is 0 Å². The molecule has 2 aromatic carbocycles. The van der Waals surface area contributed by atoms with E-state index in [-0.39, 0.29) is 5.24 Å². The van der Waals surface area contributed by atoms with Crippen molar-refractivity contribution in [2.75, 3.05) is 0 Å². The molecule has 18 heavy (non-hydrogen) atoms. The van der Waals surface area contributed by atoms with E-state index in [9.17, 15) is 4.79 Å². The van der Waals surface area contributed by atoms with Crippen LogP contribution in [-0.2, 0) is 4.79 Å². The Morgan fingerprint density at radius 3 is 1.94 bits per heavy atom. The van der Waals surface area contributed by atoms with E-state index in [1.165, 1.54) is 22.3 Å². The van der Waals surface area contributed by atoms with Crippen molar-refractivity contribution in [3.8, 4) is 11.1 Å². The molecule has 0 radical (unpaired) electrons. The third-order valence-electron chi connectivity index (χ3n) is 3.59. The minimum atomic E-state index is -0.253. The third kappa shape index (κ3) is 1.85. The highest BCUT2D eigenvalue weighted by Crippen LogP contribution is 2.46. The van der Waals surface area contributed by atoms with E-state index in [2.05, 4.69) is 48.5 Å². The van der Waals surface area contributed by atoms with Crippen LogP contribution in [0.1, 0.15) is 29.9 Å². The molecule has 2 heteroatoms. The Hall–Kier alpha value is -1.60. The van der Waals surface area contributed by atoms with Crippen molar-refractivity contribution in [2.24, 2.45) is 0 Å². The summed E-state index contributed by atoms with van der Waals surface area (Å²) in [6.45, 7) is 0. The molecular formula is C16H13ClO. The average Bonchev–Trinajstić information content (AvgIpc) is 2.71. The molecular weight excluding hydrogens is 244 g/mol. The molecule has 0 atom stereocenters. The van der Waals surface area contributed by atoms with Crippen molar-refractivity contribution in [3.05, 3.63) is 59.7 Å². The van der Waals surface area contributed by atoms with Gasteiger partial charge in [0.15, 0.2) is 0 Å². The van der Waals surface area contributed by atoms with Crippen LogP contribution >= 0.6 is 11.6 Å². The first kappa shape index (κ1) is 11.5. The Balaban J connectivity index is 2.06. The van der Waals surface area contributed by atoms with E-state index in [4.69, 9.17) is 11.6 Å². The summed E-state index contributed by atoms with van der Waals surface area (Å²) < 4.78 is 0. The van der Waals surface area contributed by atoms with Gasteiger partial charge in [-0.2, -0.15) is 0 Å². The molecule has 1 aliphatic carbocycles. The first-order valence-corrected chi connectivity index (χ1v) is 6.51. The van der Waals surface area contributed by atoms with Crippen molar-refractivity contribution in [3.63, 3.8) is 0 Å².